The molecule has 3 rings (SSSR count). The second-order valence-corrected chi connectivity index (χ2v) is 7.91. The number of likely N-dealkylation sites (tertiary alicyclic amines) is 1. The fraction of sp³-hybridized carbons (Fsp3) is 0.333. The highest BCUT2D eigenvalue weighted by Gasteiger charge is 2.45. The van der Waals surface area contributed by atoms with E-state index in [0.29, 0.717) is 17.1 Å². The lowest BCUT2D eigenvalue weighted by molar-refractivity contribution is -0.896. The highest BCUT2D eigenvalue weighted by Crippen LogP contribution is 2.39. The Hall–Kier alpha value is -2.63. The predicted molar refractivity (Wildman–Crippen MR) is 118 cm³/mol. The third-order valence-corrected chi connectivity index (χ3v) is 5.92. The van der Waals surface area contributed by atoms with Gasteiger partial charge >= 0.3 is 0 Å². The molecule has 0 aliphatic carbocycles. The minimum absolute atomic E-state index is 0.114. The molecule has 1 atom stereocenters. The van der Waals surface area contributed by atoms with E-state index in [1.54, 1.807) is 47.4 Å². The molecule has 0 radical (unpaired) electrons. The van der Waals surface area contributed by atoms with Gasteiger partial charge in [-0.3, -0.25) is 9.59 Å². The Labute approximate surface area is 182 Å². The first kappa shape index (κ1) is 22.1. The smallest absolute Gasteiger partial charge is 0.295 e. The van der Waals surface area contributed by atoms with Gasteiger partial charge in [-0.2, -0.15) is 0 Å². The van der Waals surface area contributed by atoms with Crippen molar-refractivity contribution in [1.29, 1.82) is 0 Å². The fourth-order valence-corrected chi connectivity index (χ4v) is 4.19. The maximum atomic E-state index is 13.0. The molecule has 2 N–H and O–H groups in total. The van der Waals surface area contributed by atoms with Crippen LogP contribution in [-0.4, -0.2) is 47.9 Å². The van der Waals surface area contributed by atoms with Gasteiger partial charge in [0.05, 0.1) is 31.2 Å². The number of halogens is 1. The molecule has 0 saturated carbocycles. The van der Waals surface area contributed by atoms with Gasteiger partial charge < -0.3 is 14.9 Å². The number of carbonyl (C=O) groups excluding carboxylic acids is 2. The van der Waals surface area contributed by atoms with Gasteiger partial charge in [0, 0.05) is 23.6 Å². The lowest BCUT2D eigenvalue weighted by Gasteiger charge is -2.26. The van der Waals surface area contributed by atoms with Gasteiger partial charge in [0.25, 0.3) is 11.7 Å². The predicted octanol–water partition coefficient (Wildman–Crippen LogP) is 3.08. The standard InChI is InChI=1S/C24H27ClN2O3/c1-3-26(4-2)14-9-15-27-21(18-12-8-13-19(25)16-18)20(23(29)24(27)30)22(28)17-10-6-5-7-11-17/h5-8,10-13,16,21,28H,3-4,9,14-15H2,1-2H3/p+1/t21-/m1/s1. The second kappa shape index (κ2) is 9.92. The van der Waals surface area contributed by atoms with Crippen molar-refractivity contribution in [2.24, 2.45) is 0 Å². The molecule has 0 aromatic heterocycles. The van der Waals surface area contributed by atoms with E-state index in [2.05, 4.69) is 13.8 Å². The number of rotatable bonds is 8. The van der Waals surface area contributed by atoms with Crippen molar-refractivity contribution in [1.82, 2.24) is 4.90 Å². The minimum Gasteiger partial charge on any atom is -0.507 e. The number of aliphatic hydroxyl groups excluding tert-OH is 1. The van der Waals surface area contributed by atoms with E-state index in [-0.39, 0.29) is 11.3 Å². The van der Waals surface area contributed by atoms with Crippen LogP contribution in [0.3, 0.4) is 0 Å². The van der Waals surface area contributed by atoms with Crippen LogP contribution in [-0.2, 0) is 9.59 Å². The summed E-state index contributed by atoms with van der Waals surface area (Å²) in [6, 6.07) is 15.3. The minimum atomic E-state index is -0.657. The van der Waals surface area contributed by atoms with E-state index in [1.165, 1.54) is 4.90 Å². The van der Waals surface area contributed by atoms with Crippen molar-refractivity contribution < 1.29 is 19.6 Å². The lowest BCUT2D eigenvalue weighted by Crippen LogP contribution is -3.11. The largest absolute Gasteiger partial charge is 0.507 e. The molecule has 158 valence electrons. The maximum absolute atomic E-state index is 13.0. The van der Waals surface area contributed by atoms with Crippen LogP contribution < -0.4 is 4.90 Å². The summed E-state index contributed by atoms with van der Waals surface area (Å²) in [6.45, 7) is 7.66. The first-order chi connectivity index (χ1) is 14.5. The number of amides is 1. The maximum Gasteiger partial charge on any atom is 0.295 e. The van der Waals surface area contributed by atoms with Crippen LogP contribution in [0.4, 0.5) is 0 Å². The van der Waals surface area contributed by atoms with Gasteiger partial charge in [0.1, 0.15) is 5.76 Å². The highest BCUT2D eigenvalue weighted by atomic mass is 35.5. The molecule has 1 amide bonds. The molecule has 5 nitrogen and oxygen atoms in total. The van der Waals surface area contributed by atoms with E-state index >= 15 is 0 Å². The van der Waals surface area contributed by atoms with Gasteiger partial charge in [-0.05, 0) is 31.5 Å². The number of Topliss-reactive ketones (excluding diaryl/α,β-unsaturated/α-hetero) is 1. The molecule has 0 bridgehead atoms. The third-order valence-electron chi connectivity index (χ3n) is 5.68. The summed E-state index contributed by atoms with van der Waals surface area (Å²) in [5.41, 5.74) is 1.34. The van der Waals surface area contributed by atoms with Crippen LogP contribution in [0, 0.1) is 0 Å². The van der Waals surface area contributed by atoms with E-state index in [4.69, 9.17) is 11.6 Å². The highest BCUT2D eigenvalue weighted by molar-refractivity contribution is 6.46. The fourth-order valence-electron chi connectivity index (χ4n) is 3.99. The Morgan fingerprint density at radius 1 is 1.07 bits per heavy atom. The molecule has 30 heavy (non-hydrogen) atoms. The zero-order valence-electron chi connectivity index (χ0n) is 17.4. The summed E-state index contributed by atoms with van der Waals surface area (Å²) < 4.78 is 0. The summed E-state index contributed by atoms with van der Waals surface area (Å²) in [4.78, 5) is 28.9. The summed E-state index contributed by atoms with van der Waals surface area (Å²) in [6.07, 6.45) is 0.770. The van der Waals surface area contributed by atoms with Gasteiger partial charge in [0.15, 0.2) is 0 Å². The first-order valence-electron chi connectivity index (χ1n) is 10.4. The molecule has 6 heteroatoms. The zero-order chi connectivity index (χ0) is 21.7. The monoisotopic (exact) mass is 427 g/mol. The van der Waals surface area contributed by atoms with Crippen molar-refractivity contribution >= 4 is 29.1 Å². The van der Waals surface area contributed by atoms with Gasteiger partial charge in [-0.25, -0.2) is 0 Å². The number of hydrogen-bond acceptors (Lipinski definition) is 3. The number of nitrogens with one attached hydrogen (secondary N) is 1. The molecule has 1 aliphatic rings. The van der Waals surface area contributed by atoms with Crippen molar-refractivity contribution in [3.63, 3.8) is 0 Å². The molecule has 2 aromatic rings. The second-order valence-electron chi connectivity index (χ2n) is 7.47. The molecule has 2 aromatic carbocycles. The lowest BCUT2D eigenvalue weighted by atomic mass is 9.95. The number of carbonyl (C=O) groups is 2. The van der Waals surface area contributed by atoms with Crippen LogP contribution >= 0.6 is 11.6 Å². The van der Waals surface area contributed by atoms with Gasteiger partial charge in [-0.1, -0.05) is 54.1 Å². The summed E-state index contributed by atoms with van der Waals surface area (Å²) in [5, 5.41) is 11.5. The average Bonchev–Trinajstić information content (AvgIpc) is 3.02. The van der Waals surface area contributed by atoms with Crippen molar-refractivity contribution in [3.05, 3.63) is 76.3 Å². The Bertz CT molecular complexity index is 938. The van der Waals surface area contributed by atoms with Crippen molar-refractivity contribution in [2.75, 3.05) is 26.2 Å². The molecule has 1 aliphatic heterocycles. The normalized spacial score (nSPS) is 18.4. The molecule has 1 saturated heterocycles. The van der Waals surface area contributed by atoms with E-state index < -0.39 is 17.7 Å². The number of quaternary nitrogens is 1. The SMILES string of the molecule is CC[NH+](CC)CCCN1C(=O)C(=O)C(=C(O)c2ccccc2)[C@H]1c1cccc(Cl)c1. The summed E-state index contributed by atoms with van der Waals surface area (Å²) >= 11 is 6.20. The van der Waals surface area contributed by atoms with Gasteiger partial charge in [-0.15, -0.1) is 0 Å². The quantitative estimate of drug-likeness (QED) is 0.386. The van der Waals surface area contributed by atoms with Crippen LogP contribution in [0.5, 0.6) is 0 Å². The Balaban J connectivity index is 2.01. The van der Waals surface area contributed by atoms with Crippen LogP contribution in [0.15, 0.2) is 60.2 Å². The summed E-state index contributed by atoms with van der Waals surface area (Å²) in [5.74, 6) is -1.39. The van der Waals surface area contributed by atoms with E-state index in [0.717, 1.165) is 31.6 Å². The molecular formula is C24H28ClN2O3+. The number of nitrogens with zero attached hydrogens (tertiary/aromatic N) is 1. The van der Waals surface area contributed by atoms with E-state index in [9.17, 15) is 14.7 Å². The molecule has 0 unspecified atom stereocenters. The Morgan fingerprint density at radius 3 is 2.40 bits per heavy atom. The average molecular weight is 428 g/mol. The molecule has 0 spiro atoms. The number of hydrogen-bond donors (Lipinski definition) is 2. The van der Waals surface area contributed by atoms with E-state index in [1.807, 2.05) is 12.1 Å². The Kier molecular flexibility index (Phi) is 7.29. The van der Waals surface area contributed by atoms with Crippen molar-refractivity contribution in [3.8, 4) is 0 Å². The number of ketones is 1. The van der Waals surface area contributed by atoms with Crippen LogP contribution in [0.25, 0.3) is 5.76 Å². The van der Waals surface area contributed by atoms with Crippen LogP contribution in [0.1, 0.15) is 37.4 Å². The zero-order valence-corrected chi connectivity index (χ0v) is 18.2. The number of benzene rings is 2. The topological polar surface area (TPSA) is 62.0 Å². The third kappa shape index (κ3) is 4.58. The molecule has 1 fully saturated rings. The first-order valence-corrected chi connectivity index (χ1v) is 10.8. The van der Waals surface area contributed by atoms with Crippen molar-refractivity contribution in [2.45, 2.75) is 26.3 Å². The molecular weight excluding hydrogens is 400 g/mol. The van der Waals surface area contributed by atoms with Crippen LogP contribution in [0.2, 0.25) is 5.02 Å². The molecule has 1 heterocycles. The number of aliphatic hydroxyl groups is 1. The summed E-state index contributed by atoms with van der Waals surface area (Å²) in [7, 11) is 0. The van der Waals surface area contributed by atoms with Gasteiger partial charge in [0.2, 0.25) is 0 Å². The Morgan fingerprint density at radius 2 is 1.77 bits per heavy atom.